The van der Waals surface area contributed by atoms with E-state index in [0.29, 0.717) is 11.6 Å². The van der Waals surface area contributed by atoms with Crippen LogP contribution in [0.15, 0.2) is 6.20 Å². The molecule has 0 radical (unpaired) electrons. The quantitative estimate of drug-likeness (QED) is 0.735. The molecular weight excluding hydrogens is 258 g/mol. The Morgan fingerprint density at radius 1 is 1.45 bits per heavy atom. The summed E-state index contributed by atoms with van der Waals surface area (Å²) in [5.74, 6) is 1.28. The Bertz CT molecular complexity index is 638. The van der Waals surface area contributed by atoms with E-state index < -0.39 is 0 Å². The first kappa shape index (κ1) is 12.6. The molecule has 1 aliphatic rings. The molecule has 1 atom stereocenters. The first-order valence-electron chi connectivity index (χ1n) is 6.61. The lowest BCUT2D eigenvalue weighted by Crippen LogP contribution is -2.42. The third-order valence-corrected chi connectivity index (χ3v) is 3.59. The van der Waals surface area contributed by atoms with Gasteiger partial charge in [-0.2, -0.15) is 15.1 Å². The molecule has 0 spiro atoms. The number of nitrogens with one attached hydrogen (secondary N) is 3. The minimum atomic E-state index is -0.183. The summed E-state index contributed by atoms with van der Waals surface area (Å²) in [5, 5.41) is 13.3. The molecule has 1 saturated heterocycles. The van der Waals surface area contributed by atoms with Gasteiger partial charge >= 0.3 is 0 Å². The second kappa shape index (κ2) is 4.95. The maximum Gasteiger partial charge on any atom is 0.242 e. The van der Waals surface area contributed by atoms with Crippen molar-refractivity contribution in [3.8, 4) is 0 Å². The standard InChI is InChI=1S/C12H17N7O/c1-13-11(20)8-4-3-5-19(8)10-7-6-15-18-9(7)16-12(14-2)17-10/h6,8H,3-5H2,1-2H3,(H,13,20)(H2,14,15,16,17,18). The number of H-pyrrole nitrogens is 1. The summed E-state index contributed by atoms with van der Waals surface area (Å²) in [6.45, 7) is 0.804. The second-order valence-corrected chi connectivity index (χ2v) is 4.72. The highest BCUT2D eigenvalue weighted by Crippen LogP contribution is 2.30. The fraction of sp³-hybridized carbons (Fsp3) is 0.500. The second-order valence-electron chi connectivity index (χ2n) is 4.72. The molecule has 0 bridgehead atoms. The zero-order chi connectivity index (χ0) is 14.1. The van der Waals surface area contributed by atoms with Crippen molar-refractivity contribution in [2.75, 3.05) is 30.9 Å². The Labute approximate surface area is 116 Å². The highest BCUT2D eigenvalue weighted by Gasteiger charge is 2.32. The van der Waals surface area contributed by atoms with E-state index in [1.54, 1.807) is 20.3 Å². The van der Waals surface area contributed by atoms with Crippen LogP contribution in [0.25, 0.3) is 11.0 Å². The third kappa shape index (κ3) is 1.93. The molecule has 3 N–H and O–H groups in total. The van der Waals surface area contributed by atoms with Gasteiger partial charge in [-0.05, 0) is 12.8 Å². The number of amides is 1. The van der Waals surface area contributed by atoms with Crippen molar-refractivity contribution < 1.29 is 4.79 Å². The minimum absolute atomic E-state index is 0.0174. The number of rotatable bonds is 3. The van der Waals surface area contributed by atoms with E-state index >= 15 is 0 Å². The molecule has 3 rings (SSSR count). The predicted molar refractivity (Wildman–Crippen MR) is 75.7 cm³/mol. The van der Waals surface area contributed by atoms with Gasteiger partial charge in [0.15, 0.2) is 5.65 Å². The van der Waals surface area contributed by atoms with E-state index in [2.05, 4.69) is 30.8 Å². The van der Waals surface area contributed by atoms with Crippen LogP contribution < -0.4 is 15.5 Å². The molecule has 2 aromatic heterocycles. The number of aromatic amines is 1. The van der Waals surface area contributed by atoms with Crippen molar-refractivity contribution in [2.45, 2.75) is 18.9 Å². The van der Waals surface area contributed by atoms with Crippen LogP contribution in [0.1, 0.15) is 12.8 Å². The monoisotopic (exact) mass is 275 g/mol. The maximum absolute atomic E-state index is 12.0. The van der Waals surface area contributed by atoms with Crippen molar-refractivity contribution in [1.82, 2.24) is 25.5 Å². The third-order valence-electron chi connectivity index (χ3n) is 3.59. The topological polar surface area (TPSA) is 98.8 Å². The normalized spacial score (nSPS) is 18.5. The fourth-order valence-electron chi connectivity index (χ4n) is 2.61. The average Bonchev–Trinajstić information content (AvgIpc) is 3.13. The van der Waals surface area contributed by atoms with Crippen molar-refractivity contribution in [3.05, 3.63) is 6.20 Å². The van der Waals surface area contributed by atoms with E-state index in [1.165, 1.54) is 0 Å². The van der Waals surface area contributed by atoms with Gasteiger partial charge in [-0.25, -0.2) is 0 Å². The van der Waals surface area contributed by atoms with Gasteiger partial charge in [0, 0.05) is 20.6 Å². The molecule has 0 aliphatic carbocycles. The zero-order valence-electron chi connectivity index (χ0n) is 11.5. The van der Waals surface area contributed by atoms with Gasteiger partial charge in [0.25, 0.3) is 0 Å². The van der Waals surface area contributed by atoms with E-state index in [4.69, 9.17) is 0 Å². The van der Waals surface area contributed by atoms with E-state index in [1.807, 2.05) is 4.90 Å². The van der Waals surface area contributed by atoms with Crippen LogP contribution in [0.3, 0.4) is 0 Å². The van der Waals surface area contributed by atoms with Gasteiger partial charge in [-0.15, -0.1) is 0 Å². The van der Waals surface area contributed by atoms with E-state index in [0.717, 1.165) is 30.6 Å². The highest BCUT2D eigenvalue weighted by atomic mass is 16.2. The van der Waals surface area contributed by atoms with Crippen LogP contribution in [0.4, 0.5) is 11.8 Å². The molecule has 1 unspecified atom stereocenters. The summed E-state index contributed by atoms with van der Waals surface area (Å²) in [5.41, 5.74) is 0.668. The number of likely N-dealkylation sites (N-methyl/N-ethyl adjacent to an activating group) is 1. The molecule has 0 aromatic carbocycles. The van der Waals surface area contributed by atoms with Crippen molar-refractivity contribution >= 4 is 28.7 Å². The number of anilines is 2. The number of hydrogen-bond acceptors (Lipinski definition) is 6. The van der Waals surface area contributed by atoms with Gasteiger partial charge in [-0.1, -0.05) is 0 Å². The Morgan fingerprint density at radius 2 is 2.30 bits per heavy atom. The Morgan fingerprint density at radius 3 is 3.05 bits per heavy atom. The molecule has 20 heavy (non-hydrogen) atoms. The van der Waals surface area contributed by atoms with E-state index in [-0.39, 0.29) is 11.9 Å². The number of aromatic nitrogens is 4. The van der Waals surface area contributed by atoms with Crippen LogP contribution in [0.2, 0.25) is 0 Å². The van der Waals surface area contributed by atoms with Crippen LogP contribution >= 0.6 is 0 Å². The first-order chi connectivity index (χ1) is 9.74. The van der Waals surface area contributed by atoms with Crippen molar-refractivity contribution in [3.63, 3.8) is 0 Å². The van der Waals surface area contributed by atoms with Gasteiger partial charge in [-0.3, -0.25) is 9.89 Å². The van der Waals surface area contributed by atoms with Gasteiger partial charge in [0.2, 0.25) is 11.9 Å². The van der Waals surface area contributed by atoms with Crippen LogP contribution in [-0.2, 0) is 4.79 Å². The largest absolute Gasteiger partial charge is 0.357 e. The number of hydrogen-bond donors (Lipinski definition) is 3. The summed E-state index contributed by atoms with van der Waals surface area (Å²) in [7, 11) is 3.42. The fourth-order valence-corrected chi connectivity index (χ4v) is 2.61. The first-order valence-corrected chi connectivity index (χ1v) is 6.61. The van der Waals surface area contributed by atoms with Crippen molar-refractivity contribution in [2.24, 2.45) is 0 Å². The smallest absolute Gasteiger partial charge is 0.242 e. The SMILES string of the molecule is CNC(=O)C1CCCN1c1nc(NC)nc2[nH]ncc12. The highest BCUT2D eigenvalue weighted by molar-refractivity contribution is 5.92. The number of fused-ring (bicyclic) bond motifs is 1. The van der Waals surface area contributed by atoms with Crippen LogP contribution in [0.5, 0.6) is 0 Å². The zero-order valence-corrected chi connectivity index (χ0v) is 11.5. The van der Waals surface area contributed by atoms with Crippen LogP contribution in [-0.4, -0.2) is 52.8 Å². The summed E-state index contributed by atoms with van der Waals surface area (Å²) in [6, 6.07) is -0.183. The summed E-state index contributed by atoms with van der Waals surface area (Å²) in [6.07, 6.45) is 3.50. The summed E-state index contributed by atoms with van der Waals surface area (Å²) in [4.78, 5) is 22.8. The molecule has 1 amide bonds. The number of nitrogens with zero attached hydrogens (tertiary/aromatic N) is 4. The predicted octanol–water partition coefficient (Wildman–Crippen LogP) is 0.109. The lowest BCUT2D eigenvalue weighted by atomic mass is 10.2. The molecule has 2 aromatic rings. The lowest BCUT2D eigenvalue weighted by molar-refractivity contribution is -0.121. The minimum Gasteiger partial charge on any atom is -0.357 e. The molecule has 0 saturated carbocycles. The molecule has 3 heterocycles. The Hall–Kier alpha value is -2.38. The molecular formula is C12H17N7O. The Balaban J connectivity index is 2.08. The number of carbonyl (C=O) groups excluding carboxylic acids is 1. The summed E-state index contributed by atoms with van der Waals surface area (Å²) < 4.78 is 0. The maximum atomic E-state index is 12.0. The number of carbonyl (C=O) groups is 1. The average molecular weight is 275 g/mol. The van der Waals surface area contributed by atoms with Crippen LogP contribution in [0, 0.1) is 0 Å². The van der Waals surface area contributed by atoms with Gasteiger partial charge < -0.3 is 15.5 Å². The Kier molecular flexibility index (Phi) is 3.13. The lowest BCUT2D eigenvalue weighted by Gasteiger charge is -2.25. The van der Waals surface area contributed by atoms with Crippen molar-refractivity contribution in [1.29, 1.82) is 0 Å². The van der Waals surface area contributed by atoms with Gasteiger partial charge in [0.05, 0.1) is 11.6 Å². The summed E-state index contributed by atoms with van der Waals surface area (Å²) >= 11 is 0. The molecule has 1 aliphatic heterocycles. The molecule has 8 nitrogen and oxygen atoms in total. The molecule has 8 heteroatoms. The van der Waals surface area contributed by atoms with E-state index in [9.17, 15) is 4.79 Å². The molecule has 106 valence electrons. The molecule has 1 fully saturated rings. The van der Waals surface area contributed by atoms with Gasteiger partial charge in [0.1, 0.15) is 11.9 Å².